The first kappa shape index (κ1) is 17.1. The van der Waals surface area contributed by atoms with Gasteiger partial charge in [0.15, 0.2) is 5.82 Å². The quantitative estimate of drug-likeness (QED) is 0.780. The van der Waals surface area contributed by atoms with Gasteiger partial charge in [-0.05, 0) is 25.7 Å². The number of anilines is 1. The van der Waals surface area contributed by atoms with Gasteiger partial charge in [0.05, 0.1) is 0 Å². The van der Waals surface area contributed by atoms with Crippen molar-refractivity contribution >= 4 is 11.7 Å². The second-order valence-electron chi connectivity index (χ2n) is 6.72. The number of carbonyl (C=O) groups is 1. The van der Waals surface area contributed by atoms with Crippen LogP contribution in [0.3, 0.4) is 0 Å². The third-order valence-electron chi connectivity index (χ3n) is 4.76. The maximum absolute atomic E-state index is 12.1. The zero-order chi connectivity index (χ0) is 16.9. The van der Waals surface area contributed by atoms with Crippen LogP contribution in [0.4, 0.5) is 5.82 Å². The molecule has 7 nitrogen and oxygen atoms in total. The highest BCUT2D eigenvalue weighted by atomic mass is 16.5. The summed E-state index contributed by atoms with van der Waals surface area (Å²) in [5.41, 5.74) is 6.91. The molecule has 0 unspecified atom stereocenters. The molecule has 1 aliphatic carbocycles. The Morgan fingerprint density at radius 3 is 2.79 bits per heavy atom. The molecule has 0 bridgehead atoms. The zero-order valence-corrected chi connectivity index (χ0v) is 14.3. The molecule has 1 amide bonds. The Balaban J connectivity index is 1.58. The molecule has 2 heterocycles. The fraction of sp³-hybridized carbons (Fsp3) is 0.706. The van der Waals surface area contributed by atoms with E-state index in [-0.39, 0.29) is 11.9 Å². The van der Waals surface area contributed by atoms with Crippen molar-refractivity contribution in [2.24, 2.45) is 5.73 Å². The standard InChI is InChI=1S/C17H27N5O2/c1-24-11-16-20-14(12-8-13(18)9-12)10-15(21-16)19-5-4-17(23)22-6-2-3-7-22/h10,12-13H,2-9,11,18H2,1H3,(H,19,20,21). The fourth-order valence-corrected chi connectivity index (χ4v) is 3.34. The Labute approximate surface area is 143 Å². The molecule has 2 fully saturated rings. The topological polar surface area (TPSA) is 93.4 Å². The molecule has 0 spiro atoms. The summed E-state index contributed by atoms with van der Waals surface area (Å²) in [6.07, 6.45) is 4.68. The van der Waals surface area contributed by atoms with E-state index in [4.69, 9.17) is 10.5 Å². The Kier molecular flexibility index (Phi) is 5.63. The predicted octanol–water partition coefficient (Wildman–Crippen LogP) is 1.25. The number of nitrogens with one attached hydrogen (secondary N) is 1. The first-order valence-corrected chi connectivity index (χ1v) is 8.79. The van der Waals surface area contributed by atoms with Crippen molar-refractivity contribution in [3.63, 3.8) is 0 Å². The van der Waals surface area contributed by atoms with Crippen LogP contribution in [-0.2, 0) is 16.1 Å². The van der Waals surface area contributed by atoms with Crippen LogP contribution in [0.5, 0.6) is 0 Å². The minimum atomic E-state index is 0.219. The second-order valence-corrected chi connectivity index (χ2v) is 6.72. The molecular formula is C17H27N5O2. The summed E-state index contributed by atoms with van der Waals surface area (Å²) in [4.78, 5) is 23.1. The Bertz CT molecular complexity index is 568. The Morgan fingerprint density at radius 1 is 1.38 bits per heavy atom. The maximum Gasteiger partial charge on any atom is 0.224 e. The lowest BCUT2D eigenvalue weighted by molar-refractivity contribution is -0.129. The highest BCUT2D eigenvalue weighted by Crippen LogP contribution is 2.35. The minimum Gasteiger partial charge on any atom is -0.377 e. The molecule has 3 rings (SSSR count). The van der Waals surface area contributed by atoms with E-state index >= 15 is 0 Å². The third-order valence-corrected chi connectivity index (χ3v) is 4.76. The van der Waals surface area contributed by atoms with Gasteiger partial charge in [0.2, 0.25) is 5.91 Å². The lowest BCUT2D eigenvalue weighted by Crippen LogP contribution is -2.35. The summed E-state index contributed by atoms with van der Waals surface area (Å²) in [5.74, 6) is 2.06. The van der Waals surface area contributed by atoms with Crippen molar-refractivity contribution in [2.75, 3.05) is 32.1 Å². The number of amides is 1. The molecule has 1 saturated carbocycles. The van der Waals surface area contributed by atoms with Gasteiger partial charge in [-0.2, -0.15) is 0 Å². The molecule has 1 saturated heterocycles. The highest BCUT2D eigenvalue weighted by Gasteiger charge is 2.29. The summed E-state index contributed by atoms with van der Waals surface area (Å²) in [6.45, 7) is 2.77. The second kappa shape index (κ2) is 7.90. The summed E-state index contributed by atoms with van der Waals surface area (Å²) in [6, 6.07) is 2.26. The van der Waals surface area contributed by atoms with E-state index in [0.29, 0.717) is 31.3 Å². The number of ether oxygens (including phenoxy) is 1. The number of hydrogen-bond acceptors (Lipinski definition) is 6. The van der Waals surface area contributed by atoms with Gasteiger partial charge in [-0.25, -0.2) is 9.97 Å². The van der Waals surface area contributed by atoms with E-state index in [1.807, 2.05) is 11.0 Å². The van der Waals surface area contributed by atoms with E-state index < -0.39 is 0 Å². The summed E-state index contributed by atoms with van der Waals surface area (Å²) in [5, 5.41) is 3.27. The van der Waals surface area contributed by atoms with Gasteiger partial charge in [-0.1, -0.05) is 0 Å². The molecule has 132 valence electrons. The van der Waals surface area contributed by atoms with Crippen LogP contribution in [-0.4, -0.2) is 53.6 Å². The van der Waals surface area contributed by atoms with Crippen molar-refractivity contribution in [2.45, 2.75) is 50.7 Å². The van der Waals surface area contributed by atoms with Gasteiger partial charge in [0.25, 0.3) is 0 Å². The molecule has 2 aliphatic rings. The highest BCUT2D eigenvalue weighted by molar-refractivity contribution is 5.76. The molecule has 3 N–H and O–H groups in total. The third kappa shape index (κ3) is 4.21. The first-order chi connectivity index (χ1) is 11.7. The largest absolute Gasteiger partial charge is 0.377 e. The van der Waals surface area contributed by atoms with E-state index in [9.17, 15) is 4.79 Å². The fourth-order valence-electron chi connectivity index (χ4n) is 3.34. The van der Waals surface area contributed by atoms with Gasteiger partial charge in [-0.15, -0.1) is 0 Å². The van der Waals surface area contributed by atoms with Crippen LogP contribution in [0.25, 0.3) is 0 Å². The van der Waals surface area contributed by atoms with Gasteiger partial charge in [-0.3, -0.25) is 4.79 Å². The van der Waals surface area contributed by atoms with Gasteiger partial charge < -0.3 is 20.7 Å². The van der Waals surface area contributed by atoms with E-state index in [0.717, 1.165) is 50.3 Å². The Hall–Kier alpha value is -1.73. The van der Waals surface area contributed by atoms with Crippen LogP contribution in [0.2, 0.25) is 0 Å². The molecule has 0 aromatic carbocycles. The summed E-state index contributed by atoms with van der Waals surface area (Å²) < 4.78 is 5.16. The van der Waals surface area contributed by atoms with Gasteiger partial charge in [0.1, 0.15) is 12.4 Å². The van der Waals surface area contributed by atoms with Crippen LogP contribution in [0, 0.1) is 0 Å². The van der Waals surface area contributed by atoms with Crippen molar-refractivity contribution in [3.8, 4) is 0 Å². The molecule has 24 heavy (non-hydrogen) atoms. The number of nitrogens with two attached hydrogens (primary N) is 1. The summed E-state index contributed by atoms with van der Waals surface area (Å²) >= 11 is 0. The average Bonchev–Trinajstić information content (AvgIpc) is 3.06. The number of hydrogen-bond donors (Lipinski definition) is 2. The SMILES string of the molecule is COCc1nc(NCCC(=O)N2CCCC2)cc(C2CC(N)C2)n1. The van der Waals surface area contributed by atoms with Crippen LogP contribution in [0.1, 0.15) is 49.5 Å². The van der Waals surface area contributed by atoms with Crippen molar-refractivity contribution in [1.29, 1.82) is 0 Å². The summed E-state index contributed by atoms with van der Waals surface area (Å²) in [7, 11) is 1.64. The number of rotatable bonds is 7. The van der Waals surface area contributed by atoms with Crippen molar-refractivity contribution in [1.82, 2.24) is 14.9 Å². The Morgan fingerprint density at radius 2 is 2.12 bits per heavy atom. The molecule has 0 atom stereocenters. The number of aromatic nitrogens is 2. The number of likely N-dealkylation sites (tertiary alicyclic amines) is 1. The lowest BCUT2D eigenvalue weighted by atomic mass is 9.78. The van der Waals surface area contributed by atoms with Gasteiger partial charge in [0, 0.05) is 56.9 Å². The van der Waals surface area contributed by atoms with Gasteiger partial charge >= 0.3 is 0 Å². The van der Waals surface area contributed by atoms with E-state index in [2.05, 4.69) is 15.3 Å². The molecule has 0 radical (unpaired) electrons. The van der Waals surface area contributed by atoms with Crippen molar-refractivity contribution < 1.29 is 9.53 Å². The molecule has 1 aliphatic heterocycles. The van der Waals surface area contributed by atoms with E-state index in [1.165, 1.54) is 0 Å². The lowest BCUT2D eigenvalue weighted by Gasteiger charge is -2.32. The van der Waals surface area contributed by atoms with Crippen LogP contribution in [0.15, 0.2) is 6.07 Å². The normalized spacial score (nSPS) is 23.2. The van der Waals surface area contributed by atoms with Crippen molar-refractivity contribution in [3.05, 3.63) is 17.6 Å². The first-order valence-electron chi connectivity index (χ1n) is 8.79. The van der Waals surface area contributed by atoms with Crippen LogP contribution >= 0.6 is 0 Å². The molecule has 1 aromatic rings. The average molecular weight is 333 g/mol. The number of carbonyl (C=O) groups excluding carboxylic acids is 1. The predicted molar refractivity (Wildman–Crippen MR) is 91.6 cm³/mol. The molecule has 1 aromatic heterocycles. The smallest absolute Gasteiger partial charge is 0.224 e. The minimum absolute atomic E-state index is 0.219. The zero-order valence-electron chi connectivity index (χ0n) is 14.3. The molecule has 7 heteroatoms. The maximum atomic E-state index is 12.1. The number of nitrogens with zero attached hydrogens (tertiary/aromatic N) is 3. The number of methoxy groups -OCH3 is 1. The van der Waals surface area contributed by atoms with E-state index in [1.54, 1.807) is 7.11 Å². The monoisotopic (exact) mass is 333 g/mol. The van der Waals surface area contributed by atoms with Crippen LogP contribution < -0.4 is 11.1 Å². The molecular weight excluding hydrogens is 306 g/mol.